The van der Waals surface area contributed by atoms with Crippen molar-refractivity contribution >= 4 is 27.3 Å². The number of rotatable bonds is 3. The van der Waals surface area contributed by atoms with Gasteiger partial charge in [0.25, 0.3) is 0 Å². The third-order valence-corrected chi connectivity index (χ3v) is 2.78. The zero-order valence-electron chi connectivity index (χ0n) is 9.34. The van der Waals surface area contributed by atoms with Crippen molar-refractivity contribution in [3.05, 3.63) is 50.9 Å². The van der Waals surface area contributed by atoms with E-state index in [2.05, 4.69) is 20.9 Å². The normalized spacial score (nSPS) is 10.2. The number of aromatic nitrogens is 1. The van der Waals surface area contributed by atoms with E-state index >= 15 is 0 Å². The maximum absolute atomic E-state index is 13.4. The van der Waals surface area contributed by atoms with Crippen LogP contribution in [-0.2, 0) is 0 Å². The third-order valence-electron chi connectivity index (χ3n) is 2.17. The Labute approximate surface area is 115 Å². The van der Waals surface area contributed by atoms with Gasteiger partial charge in [-0.05, 0) is 22.0 Å². The first-order valence-corrected chi connectivity index (χ1v) is 5.79. The summed E-state index contributed by atoms with van der Waals surface area (Å²) in [4.78, 5) is 14.0. The van der Waals surface area contributed by atoms with Crippen molar-refractivity contribution in [3.8, 4) is 11.6 Å². The standard InChI is InChI=1S/C11H7BrFN3O3/c12-7-3-9(16(17)18)10(4-8(7)13)19-11-2-1-6(14)5-15-11/h1-5H,14H2. The third kappa shape index (κ3) is 2.97. The largest absolute Gasteiger partial charge is 0.432 e. The second kappa shape index (κ2) is 5.19. The second-order valence-corrected chi connectivity index (χ2v) is 4.38. The van der Waals surface area contributed by atoms with Crippen LogP contribution in [0.25, 0.3) is 0 Å². The van der Waals surface area contributed by atoms with E-state index in [0.29, 0.717) is 5.69 Å². The van der Waals surface area contributed by atoms with Crippen LogP contribution in [0.3, 0.4) is 0 Å². The zero-order valence-corrected chi connectivity index (χ0v) is 10.9. The molecule has 6 nitrogen and oxygen atoms in total. The maximum atomic E-state index is 13.4. The van der Waals surface area contributed by atoms with Gasteiger partial charge in [-0.25, -0.2) is 9.37 Å². The Hall–Kier alpha value is -2.22. The number of nitrogen functional groups attached to an aromatic ring is 1. The minimum absolute atomic E-state index is 0.0168. The van der Waals surface area contributed by atoms with E-state index in [9.17, 15) is 14.5 Å². The molecule has 0 radical (unpaired) electrons. The fourth-order valence-corrected chi connectivity index (χ4v) is 1.64. The highest BCUT2D eigenvalue weighted by Crippen LogP contribution is 2.34. The minimum Gasteiger partial charge on any atom is -0.432 e. The molecule has 0 atom stereocenters. The van der Waals surface area contributed by atoms with Crippen molar-refractivity contribution in [1.82, 2.24) is 4.98 Å². The summed E-state index contributed by atoms with van der Waals surface area (Å²) in [7, 11) is 0. The van der Waals surface area contributed by atoms with E-state index in [-0.39, 0.29) is 21.8 Å². The van der Waals surface area contributed by atoms with Gasteiger partial charge in [-0.1, -0.05) is 0 Å². The number of anilines is 1. The molecule has 2 rings (SSSR count). The van der Waals surface area contributed by atoms with Crippen molar-refractivity contribution in [3.63, 3.8) is 0 Å². The molecule has 2 N–H and O–H groups in total. The molecule has 2 aromatic rings. The van der Waals surface area contributed by atoms with E-state index in [1.807, 2.05) is 0 Å². The number of nitrogens with zero attached hydrogens (tertiary/aromatic N) is 2. The predicted octanol–water partition coefficient (Wildman–Crippen LogP) is 3.27. The lowest BCUT2D eigenvalue weighted by atomic mass is 10.3. The lowest BCUT2D eigenvalue weighted by Gasteiger charge is -2.06. The molecule has 0 saturated heterocycles. The van der Waals surface area contributed by atoms with Crippen LogP contribution in [-0.4, -0.2) is 9.91 Å². The molecular formula is C11H7BrFN3O3. The smallest absolute Gasteiger partial charge is 0.312 e. The van der Waals surface area contributed by atoms with E-state index in [1.165, 1.54) is 18.3 Å². The number of nitro groups is 1. The molecule has 8 heteroatoms. The summed E-state index contributed by atoms with van der Waals surface area (Å²) in [5.41, 5.74) is 5.50. The molecule has 0 unspecified atom stereocenters. The highest BCUT2D eigenvalue weighted by Gasteiger charge is 2.19. The maximum Gasteiger partial charge on any atom is 0.312 e. The van der Waals surface area contributed by atoms with Crippen molar-refractivity contribution in [2.24, 2.45) is 0 Å². The Morgan fingerprint density at radius 2 is 2.16 bits per heavy atom. The first-order valence-electron chi connectivity index (χ1n) is 5.00. The van der Waals surface area contributed by atoms with Gasteiger partial charge in [0.15, 0.2) is 0 Å². The number of benzene rings is 1. The van der Waals surface area contributed by atoms with Crippen LogP contribution in [0.4, 0.5) is 15.8 Å². The number of hydrogen-bond acceptors (Lipinski definition) is 5. The van der Waals surface area contributed by atoms with E-state index in [0.717, 1.165) is 12.1 Å². The van der Waals surface area contributed by atoms with Crippen molar-refractivity contribution in [2.45, 2.75) is 0 Å². The zero-order chi connectivity index (χ0) is 14.0. The van der Waals surface area contributed by atoms with Crippen molar-refractivity contribution in [2.75, 3.05) is 5.73 Å². The van der Waals surface area contributed by atoms with E-state index in [1.54, 1.807) is 0 Å². The van der Waals surface area contributed by atoms with Crippen molar-refractivity contribution < 1.29 is 14.1 Å². The Morgan fingerprint density at radius 3 is 2.74 bits per heavy atom. The first kappa shape index (κ1) is 13.2. The first-order chi connectivity index (χ1) is 8.97. The molecule has 98 valence electrons. The number of nitrogens with two attached hydrogens (primary N) is 1. The Kier molecular flexibility index (Phi) is 3.61. The van der Waals surface area contributed by atoms with Crippen LogP contribution in [0.15, 0.2) is 34.9 Å². The van der Waals surface area contributed by atoms with Gasteiger partial charge in [0.05, 0.1) is 21.3 Å². The monoisotopic (exact) mass is 327 g/mol. The molecule has 0 aliphatic heterocycles. The fourth-order valence-electron chi connectivity index (χ4n) is 1.31. The summed E-state index contributed by atoms with van der Waals surface area (Å²) < 4.78 is 18.6. The average molecular weight is 328 g/mol. The summed E-state index contributed by atoms with van der Waals surface area (Å²) in [5.74, 6) is -0.821. The molecule has 0 amide bonds. The number of hydrogen-bond donors (Lipinski definition) is 1. The van der Waals surface area contributed by atoms with Gasteiger partial charge in [0.2, 0.25) is 11.6 Å². The Balaban J connectivity index is 2.41. The summed E-state index contributed by atoms with van der Waals surface area (Å²) in [6, 6.07) is 4.89. The van der Waals surface area contributed by atoms with Crippen LogP contribution in [0.5, 0.6) is 11.6 Å². The highest BCUT2D eigenvalue weighted by atomic mass is 79.9. The summed E-state index contributed by atoms with van der Waals surface area (Å²) in [6.07, 6.45) is 1.33. The van der Waals surface area contributed by atoms with Crippen molar-refractivity contribution in [1.29, 1.82) is 0 Å². The fraction of sp³-hybridized carbons (Fsp3) is 0. The quantitative estimate of drug-likeness (QED) is 0.690. The summed E-state index contributed by atoms with van der Waals surface area (Å²) >= 11 is 2.88. The summed E-state index contributed by atoms with van der Waals surface area (Å²) in [6.45, 7) is 0. The number of halogens is 2. The lowest BCUT2D eigenvalue weighted by molar-refractivity contribution is -0.385. The van der Waals surface area contributed by atoms with Crippen LogP contribution in [0.1, 0.15) is 0 Å². The van der Waals surface area contributed by atoms with Crippen LogP contribution < -0.4 is 10.5 Å². The van der Waals surface area contributed by atoms with Gasteiger partial charge < -0.3 is 10.5 Å². The molecule has 1 heterocycles. The summed E-state index contributed by atoms with van der Waals surface area (Å²) in [5, 5.41) is 10.9. The molecule has 1 aromatic carbocycles. The molecule has 0 aliphatic rings. The average Bonchev–Trinajstić information content (AvgIpc) is 2.36. The van der Waals surface area contributed by atoms with Gasteiger partial charge in [-0.3, -0.25) is 10.1 Å². The minimum atomic E-state index is -0.670. The van der Waals surface area contributed by atoms with Crippen LogP contribution >= 0.6 is 15.9 Å². The van der Waals surface area contributed by atoms with Crippen LogP contribution in [0.2, 0.25) is 0 Å². The lowest BCUT2D eigenvalue weighted by Crippen LogP contribution is -1.96. The Morgan fingerprint density at radius 1 is 1.42 bits per heavy atom. The number of nitro benzene ring substituents is 1. The number of ether oxygens (including phenoxy) is 1. The van der Waals surface area contributed by atoms with Gasteiger partial charge >= 0.3 is 5.69 Å². The molecule has 0 aliphatic carbocycles. The highest BCUT2D eigenvalue weighted by molar-refractivity contribution is 9.10. The number of pyridine rings is 1. The van der Waals surface area contributed by atoms with Crippen LogP contribution in [0, 0.1) is 15.9 Å². The van der Waals surface area contributed by atoms with Gasteiger partial charge in [0, 0.05) is 18.2 Å². The topological polar surface area (TPSA) is 91.3 Å². The SMILES string of the molecule is Nc1ccc(Oc2cc(F)c(Br)cc2[N+](=O)[O-])nc1. The molecule has 19 heavy (non-hydrogen) atoms. The van der Waals surface area contributed by atoms with E-state index in [4.69, 9.17) is 10.5 Å². The molecular weight excluding hydrogens is 321 g/mol. The predicted molar refractivity (Wildman–Crippen MR) is 69.5 cm³/mol. The molecule has 0 spiro atoms. The second-order valence-electron chi connectivity index (χ2n) is 3.52. The van der Waals surface area contributed by atoms with E-state index < -0.39 is 10.7 Å². The molecule has 0 fully saturated rings. The van der Waals surface area contributed by atoms with Gasteiger partial charge in [0.1, 0.15) is 5.82 Å². The van der Waals surface area contributed by atoms with Gasteiger partial charge in [-0.2, -0.15) is 0 Å². The molecule has 0 bridgehead atoms. The Bertz CT molecular complexity index is 634. The molecule has 0 saturated carbocycles. The van der Waals surface area contributed by atoms with Gasteiger partial charge in [-0.15, -0.1) is 0 Å². The molecule has 1 aromatic heterocycles.